The van der Waals surface area contributed by atoms with E-state index in [4.69, 9.17) is 19.2 Å². The molecular formula is C26H20N4O4S. The predicted octanol–water partition coefficient (Wildman–Crippen LogP) is 5.20. The number of nitrogens with one attached hydrogen (secondary N) is 1. The molecule has 0 atom stereocenters. The lowest BCUT2D eigenvalue weighted by atomic mass is 10.1. The van der Waals surface area contributed by atoms with E-state index < -0.39 is 0 Å². The number of benzene rings is 3. The fourth-order valence-corrected chi connectivity index (χ4v) is 4.67. The minimum Gasteiger partial charge on any atom is -0.484 e. The van der Waals surface area contributed by atoms with E-state index in [1.165, 1.54) is 11.3 Å². The van der Waals surface area contributed by atoms with Crippen LogP contribution in [0.25, 0.3) is 27.2 Å². The van der Waals surface area contributed by atoms with Crippen LogP contribution in [0.1, 0.15) is 5.69 Å². The molecule has 3 aromatic carbocycles. The Balaban J connectivity index is 1.17. The maximum Gasteiger partial charge on any atom is 0.263 e. The Bertz CT molecular complexity index is 1560. The van der Waals surface area contributed by atoms with Gasteiger partial charge in [-0.3, -0.25) is 4.79 Å². The highest BCUT2D eigenvalue weighted by Crippen LogP contribution is 2.36. The van der Waals surface area contributed by atoms with Crippen molar-refractivity contribution in [3.63, 3.8) is 0 Å². The summed E-state index contributed by atoms with van der Waals surface area (Å²) in [5.41, 5.74) is 2.46. The van der Waals surface area contributed by atoms with E-state index in [0.29, 0.717) is 22.4 Å². The molecule has 0 saturated heterocycles. The number of carbonyl (C=O) groups excluding carboxylic acids is 1. The average molecular weight is 485 g/mol. The minimum atomic E-state index is -0.285. The summed E-state index contributed by atoms with van der Waals surface area (Å²) in [4.78, 5) is 17.4. The number of aryl methyl sites for hydroxylation is 1. The largest absolute Gasteiger partial charge is 0.484 e. The van der Waals surface area contributed by atoms with Crippen molar-refractivity contribution >= 4 is 33.8 Å². The van der Waals surface area contributed by atoms with Gasteiger partial charge in [0.2, 0.25) is 11.9 Å². The van der Waals surface area contributed by atoms with Gasteiger partial charge in [-0.25, -0.2) is 4.98 Å². The van der Waals surface area contributed by atoms with Gasteiger partial charge in [0.15, 0.2) is 18.1 Å². The highest BCUT2D eigenvalue weighted by Gasteiger charge is 2.17. The Labute approximate surface area is 204 Å². The monoisotopic (exact) mass is 484 g/mol. The van der Waals surface area contributed by atoms with Crippen molar-refractivity contribution in [2.24, 2.45) is 0 Å². The number of hydrogen-bond donors (Lipinski definition) is 1. The predicted molar refractivity (Wildman–Crippen MR) is 134 cm³/mol. The highest BCUT2D eigenvalue weighted by atomic mass is 32.1. The zero-order valence-corrected chi connectivity index (χ0v) is 19.5. The summed E-state index contributed by atoms with van der Waals surface area (Å²) in [5.74, 6) is 2.30. The molecule has 0 aliphatic carbocycles. The van der Waals surface area contributed by atoms with Crippen LogP contribution in [0.3, 0.4) is 0 Å². The molecular weight excluding hydrogens is 464 g/mol. The highest BCUT2D eigenvalue weighted by molar-refractivity contribution is 7.12. The van der Waals surface area contributed by atoms with E-state index >= 15 is 0 Å². The van der Waals surface area contributed by atoms with Crippen molar-refractivity contribution in [3.05, 3.63) is 77.8 Å². The third kappa shape index (κ3) is 4.29. The maximum absolute atomic E-state index is 12.7. The molecule has 1 N–H and O–H groups in total. The number of rotatable bonds is 6. The Morgan fingerprint density at radius 1 is 1.06 bits per heavy atom. The number of carbonyl (C=O) groups is 1. The first-order chi connectivity index (χ1) is 17.1. The van der Waals surface area contributed by atoms with Crippen LogP contribution in [-0.4, -0.2) is 34.1 Å². The molecule has 3 heterocycles. The van der Waals surface area contributed by atoms with Crippen molar-refractivity contribution in [2.75, 3.05) is 18.7 Å². The molecule has 1 amide bonds. The molecule has 0 fully saturated rings. The minimum absolute atomic E-state index is 0.122. The normalized spacial score (nSPS) is 12.1. The third-order valence-corrected chi connectivity index (χ3v) is 6.35. The number of aromatic nitrogens is 3. The van der Waals surface area contributed by atoms with Gasteiger partial charge in [0.05, 0.1) is 11.4 Å². The Kier molecular flexibility index (Phi) is 5.31. The molecule has 6 rings (SSSR count). The van der Waals surface area contributed by atoms with Crippen LogP contribution in [0, 0.1) is 6.92 Å². The van der Waals surface area contributed by atoms with Gasteiger partial charge in [-0.05, 0) is 48.0 Å². The summed E-state index contributed by atoms with van der Waals surface area (Å²) in [6.45, 7) is 1.97. The molecule has 0 bridgehead atoms. The van der Waals surface area contributed by atoms with Crippen molar-refractivity contribution in [1.82, 2.24) is 14.8 Å². The molecule has 0 saturated carbocycles. The Morgan fingerprint density at radius 2 is 1.91 bits per heavy atom. The van der Waals surface area contributed by atoms with E-state index in [9.17, 15) is 4.79 Å². The number of anilines is 1. The zero-order valence-electron chi connectivity index (χ0n) is 18.7. The molecule has 8 nitrogen and oxygen atoms in total. The third-order valence-electron chi connectivity index (χ3n) is 5.53. The standard InChI is InChI=1S/C26H20N4O4S/c1-16-10-24(28-25(31)13-32-20-8-6-17-4-2-3-5-18(17)11-20)30(29-16)26-27-21(14-35-26)19-7-9-22-23(12-19)34-15-33-22/h2-12,14H,13,15H2,1H3,(H,28,31). The second kappa shape index (κ2) is 8.77. The van der Waals surface area contributed by atoms with E-state index in [2.05, 4.69) is 10.4 Å². The van der Waals surface area contributed by atoms with Gasteiger partial charge in [0, 0.05) is 17.0 Å². The number of amides is 1. The van der Waals surface area contributed by atoms with Gasteiger partial charge in [-0.1, -0.05) is 30.3 Å². The first-order valence-corrected chi connectivity index (χ1v) is 11.8. The second-order valence-corrected chi connectivity index (χ2v) is 8.85. The van der Waals surface area contributed by atoms with Crippen molar-refractivity contribution in [3.8, 4) is 33.6 Å². The molecule has 5 aromatic rings. The van der Waals surface area contributed by atoms with Crippen LogP contribution < -0.4 is 19.5 Å². The molecule has 174 valence electrons. The molecule has 2 aromatic heterocycles. The lowest BCUT2D eigenvalue weighted by Gasteiger charge is -2.09. The summed E-state index contributed by atoms with van der Waals surface area (Å²) in [7, 11) is 0. The fourth-order valence-electron chi connectivity index (χ4n) is 3.87. The smallest absolute Gasteiger partial charge is 0.263 e. The quantitative estimate of drug-likeness (QED) is 0.356. The fraction of sp³-hybridized carbons (Fsp3) is 0.115. The number of thiazole rings is 1. The maximum atomic E-state index is 12.7. The number of fused-ring (bicyclic) bond motifs is 2. The first-order valence-electron chi connectivity index (χ1n) is 11.0. The molecule has 1 aliphatic rings. The molecule has 0 radical (unpaired) electrons. The number of ether oxygens (including phenoxy) is 3. The van der Waals surface area contributed by atoms with Crippen LogP contribution in [0.4, 0.5) is 5.82 Å². The Morgan fingerprint density at radius 3 is 2.83 bits per heavy atom. The lowest BCUT2D eigenvalue weighted by Crippen LogP contribution is -2.21. The van der Waals surface area contributed by atoms with E-state index in [-0.39, 0.29) is 19.3 Å². The zero-order chi connectivity index (χ0) is 23.8. The van der Waals surface area contributed by atoms with Crippen LogP contribution in [0.2, 0.25) is 0 Å². The first kappa shape index (κ1) is 21.2. The second-order valence-electron chi connectivity index (χ2n) is 8.01. The topological polar surface area (TPSA) is 87.5 Å². The average Bonchev–Trinajstić information content (AvgIpc) is 3.62. The SMILES string of the molecule is Cc1cc(NC(=O)COc2ccc3ccccc3c2)n(-c2nc(-c3ccc4c(c3)OCO4)cs2)n1. The number of nitrogens with zero attached hydrogens (tertiary/aromatic N) is 3. The van der Waals surface area contributed by atoms with Gasteiger partial charge in [0.1, 0.15) is 11.6 Å². The molecule has 9 heteroatoms. The summed E-state index contributed by atoms with van der Waals surface area (Å²) in [5, 5.41) is 12.2. The van der Waals surface area contributed by atoms with Gasteiger partial charge in [-0.2, -0.15) is 9.78 Å². The molecule has 0 spiro atoms. The summed E-state index contributed by atoms with van der Waals surface area (Å²) in [6, 6.07) is 21.3. The van der Waals surface area contributed by atoms with Gasteiger partial charge in [-0.15, -0.1) is 11.3 Å². The van der Waals surface area contributed by atoms with Crippen molar-refractivity contribution in [1.29, 1.82) is 0 Å². The lowest BCUT2D eigenvalue weighted by molar-refractivity contribution is -0.118. The summed E-state index contributed by atoms with van der Waals surface area (Å²) in [6.07, 6.45) is 0. The van der Waals surface area contributed by atoms with Gasteiger partial charge < -0.3 is 19.5 Å². The van der Waals surface area contributed by atoms with Crippen LogP contribution >= 0.6 is 11.3 Å². The van der Waals surface area contributed by atoms with Crippen molar-refractivity contribution in [2.45, 2.75) is 6.92 Å². The van der Waals surface area contributed by atoms with E-state index in [0.717, 1.165) is 33.5 Å². The van der Waals surface area contributed by atoms with Crippen LogP contribution in [-0.2, 0) is 4.79 Å². The summed E-state index contributed by atoms with van der Waals surface area (Å²) < 4.78 is 18.2. The Hall–Kier alpha value is -4.37. The van der Waals surface area contributed by atoms with Crippen LogP contribution in [0.15, 0.2) is 72.1 Å². The van der Waals surface area contributed by atoms with E-state index in [1.54, 1.807) is 10.7 Å². The van der Waals surface area contributed by atoms with Gasteiger partial charge in [0.25, 0.3) is 5.91 Å². The van der Waals surface area contributed by atoms with Gasteiger partial charge >= 0.3 is 0 Å². The van der Waals surface area contributed by atoms with Crippen molar-refractivity contribution < 1.29 is 19.0 Å². The van der Waals surface area contributed by atoms with E-state index in [1.807, 2.05) is 73.0 Å². The number of hydrogen-bond acceptors (Lipinski definition) is 7. The summed E-state index contributed by atoms with van der Waals surface area (Å²) >= 11 is 1.43. The van der Waals surface area contributed by atoms with Crippen LogP contribution in [0.5, 0.6) is 17.2 Å². The molecule has 35 heavy (non-hydrogen) atoms. The molecule has 0 unspecified atom stereocenters. The molecule has 1 aliphatic heterocycles.